The molecule has 3 rings (SSSR count). The van der Waals surface area contributed by atoms with Gasteiger partial charge in [-0.05, 0) is 34.6 Å². The molecule has 0 spiro atoms. The van der Waals surface area contributed by atoms with Gasteiger partial charge in [0.15, 0.2) is 0 Å². The normalized spacial score (nSPS) is 14.5. The van der Waals surface area contributed by atoms with E-state index in [2.05, 4.69) is 26.1 Å². The maximum absolute atomic E-state index is 12.4. The van der Waals surface area contributed by atoms with Crippen LogP contribution in [0, 0.1) is 0 Å². The number of thiophene rings is 1. The highest BCUT2D eigenvalue weighted by atomic mass is 32.1. The Morgan fingerprint density at radius 3 is 2.17 bits per heavy atom. The van der Waals surface area contributed by atoms with Crippen molar-refractivity contribution in [3.05, 3.63) is 57.8 Å². The second kappa shape index (κ2) is 9.43. The quantitative estimate of drug-likeness (QED) is 0.797. The second-order valence-electron chi connectivity index (χ2n) is 8.48. The molecule has 1 fully saturated rings. The van der Waals surface area contributed by atoms with Crippen molar-refractivity contribution in [1.82, 2.24) is 15.1 Å². The zero-order chi connectivity index (χ0) is 21.7. The summed E-state index contributed by atoms with van der Waals surface area (Å²) in [5.74, 6) is -0.141. The first-order chi connectivity index (χ1) is 14.3. The van der Waals surface area contributed by atoms with E-state index in [-0.39, 0.29) is 29.6 Å². The third-order valence-corrected chi connectivity index (χ3v) is 6.15. The van der Waals surface area contributed by atoms with E-state index < -0.39 is 0 Å². The number of amides is 3. The molecule has 0 aliphatic carbocycles. The van der Waals surface area contributed by atoms with Gasteiger partial charge in [-0.15, -0.1) is 11.3 Å². The number of nitrogens with zero attached hydrogens (tertiary/aromatic N) is 2. The van der Waals surface area contributed by atoms with Crippen molar-refractivity contribution in [2.45, 2.75) is 32.6 Å². The lowest BCUT2D eigenvalue weighted by molar-refractivity contribution is -0.132. The summed E-state index contributed by atoms with van der Waals surface area (Å²) in [6, 6.07) is 11.3. The van der Waals surface area contributed by atoms with Gasteiger partial charge in [0.2, 0.25) is 5.91 Å². The molecule has 1 aliphatic rings. The monoisotopic (exact) mass is 427 g/mol. The summed E-state index contributed by atoms with van der Waals surface area (Å²) >= 11 is 1.43. The molecule has 0 radical (unpaired) electrons. The molecule has 2 aromatic rings. The van der Waals surface area contributed by atoms with Gasteiger partial charge < -0.3 is 15.1 Å². The number of rotatable bonds is 5. The van der Waals surface area contributed by atoms with Crippen molar-refractivity contribution >= 4 is 29.1 Å². The van der Waals surface area contributed by atoms with Crippen molar-refractivity contribution < 1.29 is 14.4 Å². The molecule has 7 heteroatoms. The molecular weight excluding hydrogens is 398 g/mol. The third kappa shape index (κ3) is 5.48. The maximum atomic E-state index is 12.4. The number of carbonyl (C=O) groups is 3. The highest BCUT2D eigenvalue weighted by Gasteiger charge is 2.25. The Bertz CT molecular complexity index is 877. The molecule has 0 unspecified atom stereocenters. The Kier molecular flexibility index (Phi) is 6.92. The Balaban J connectivity index is 1.41. The molecular formula is C23H29N3O3S. The molecule has 0 saturated carbocycles. The molecule has 2 heterocycles. The standard InChI is InChI=1S/C23H29N3O3S/c1-23(2,3)18-8-6-17(7-9-18)21(28)24-11-10-20(27)25-12-14-26(15-13-25)22(29)19-5-4-16-30-19/h4-9,16H,10-15H2,1-3H3,(H,24,28). The lowest BCUT2D eigenvalue weighted by Crippen LogP contribution is -2.50. The van der Waals surface area contributed by atoms with Gasteiger partial charge >= 0.3 is 0 Å². The van der Waals surface area contributed by atoms with E-state index in [0.717, 1.165) is 4.88 Å². The smallest absolute Gasteiger partial charge is 0.264 e. The van der Waals surface area contributed by atoms with E-state index in [4.69, 9.17) is 0 Å². The van der Waals surface area contributed by atoms with E-state index in [0.29, 0.717) is 38.3 Å². The summed E-state index contributed by atoms with van der Waals surface area (Å²) in [6.07, 6.45) is 0.255. The lowest BCUT2D eigenvalue weighted by Gasteiger charge is -2.34. The lowest BCUT2D eigenvalue weighted by atomic mass is 9.87. The van der Waals surface area contributed by atoms with Crippen LogP contribution in [0.4, 0.5) is 0 Å². The van der Waals surface area contributed by atoms with Gasteiger partial charge in [-0.2, -0.15) is 0 Å². The number of carbonyl (C=O) groups excluding carboxylic acids is 3. The highest BCUT2D eigenvalue weighted by Crippen LogP contribution is 2.22. The van der Waals surface area contributed by atoms with Gasteiger partial charge in [0, 0.05) is 44.7 Å². The first-order valence-electron chi connectivity index (χ1n) is 10.2. The number of nitrogens with one attached hydrogen (secondary N) is 1. The van der Waals surface area contributed by atoms with E-state index in [9.17, 15) is 14.4 Å². The molecule has 30 heavy (non-hydrogen) atoms. The largest absolute Gasteiger partial charge is 0.352 e. The molecule has 1 aromatic heterocycles. The van der Waals surface area contributed by atoms with Gasteiger partial charge in [-0.1, -0.05) is 39.0 Å². The fourth-order valence-electron chi connectivity index (χ4n) is 3.38. The van der Waals surface area contributed by atoms with E-state index in [1.807, 2.05) is 41.8 Å². The van der Waals surface area contributed by atoms with Gasteiger partial charge in [0.25, 0.3) is 11.8 Å². The summed E-state index contributed by atoms with van der Waals surface area (Å²) in [5.41, 5.74) is 1.81. The predicted octanol–water partition coefficient (Wildman–Crippen LogP) is 3.15. The number of piperazine rings is 1. The summed E-state index contributed by atoms with van der Waals surface area (Å²) in [7, 11) is 0. The zero-order valence-electron chi connectivity index (χ0n) is 17.8. The fourth-order valence-corrected chi connectivity index (χ4v) is 4.07. The molecule has 0 bridgehead atoms. The van der Waals surface area contributed by atoms with Crippen LogP contribution in [0.5, 0.6) is 0 Å². The average molecular weight is 428 g/mol. The number of benzene rings is 1. The Morgan fingerprint density at radius 1 is 0.967 bits per heavy atom. The Hall–Kier alpha value is -2.67. The minimum Gasteiger partial charge on any atom is -0.352 e. The minimum absolute atomic E-state index is 0.00148. The van der Waals surface area contributed by atoms with Crippen molar-refractivity contribution in [2.75, 3.05) is 32.7 Å². The van der Waals surface area contributed by atoms with Gasteiger partial charge in [0.05, 0.1) is 4.88 Å². The van der Waals surface area contributed by atoms with Crippen molar-refractivity contribution in [3.8, 4) is 0 Å². The predicted molar refractivity (Wildman–Crippen MR) is 119 cm³/mol. The van der Waals surface area contributed by atoms with Crippen LogP contribution in [0.15, 0.2) is 41.8 Å². The van der Waals surface area contributed by atoms with E-state index in [1.54, 1.807) is 9.80 Å². The summed E-state index contributed by atoms with van der Waals surface area (Å²) in [6.45, 7) is 8.82. The van der Waals surface area contributed by atoms with Crippen molar-refractivity contribution in [1.29, 1.82) is 0 Å². The van der Waals surface area contributed by atoms with Crippen molar-refractivity contribution in [2.24, 2.45) is 0 Å². The molecule has 1 aromatic carbocycles. The zero-order valence-corrected chi connectivity index (χ0v) is 18.6. The Labute approximate surface area is 181 Å². The average Bonchev–Trinajstić information content (AvgIpc) is 3.27. The SMILES string of the molecule is CC(C)(C)c1ccc(C(=O)NCCC(=O)N2CCN(C(=O)c3cccs3)CC2)cc1. The summed E-state index contributed by atoms with van der Waals surface area (Å²) in [4.78, 5) is 41.4. The van der Waals surface area contributed by atoms with Crippen LogP contribution in [0.2, 0.25) is 0 Å². The molecule has 0 atom stereocenters. The van der Waals surface area contributed by atoms with Gasteiger partial charge in [-0.25, -0.2) is 0 Å². The molecule has 1 N–H and O–H groups in total. The molecule has 1 aliphatic heterocycles. The van der Waals surface area contributed by atoms with Crippen LogP contribution in [-0.4, -0.2) is 60.2 Å². The van der Waals surface area contributed by atoms with Crippen LogP contribution >= 0.6 is 11.3 Å². The highest BCUT2D eigenvalue weighted by molar-refractivity contribution is 7.12. The first kappa shape index (κ1) is 22.0. The first-order valence-corrected chi connectivity index (χ1v) is 11.1. The van der Waals surface area contributed by atoms with Gasteiger partial charge in [-0.3, -0.25) is 14.4 Å². The van der Waals surface area contributed by atoms with E-state index in [1.165, 1.54) is 16.9 Å². The number of hydrogen-bond acceptors (Lipinski definition) is 4. The van der Waals surface area contributed by atoms with E-state index >= 15 is 0 Å². The van der Waals surface area contributed by atoms with Crippen LogP contribution in [0.25, 0.3) is 0 Å². The molecule has 1 saturated heterocycles. The number of hydrogen-bond donors (Lipinski definition) is 1. The second-order valence-corrected chi connectivity index (χ2v) is 9.43. The molecule has 160 valence electrons. The van der Waals surface area contributed by atoms with Crippen LogP contribution in [0.1, 0.15) is 52.8 Å². The summed E-state index contributed by atoms with van der Waals surface area (Å²) < 4.78 is 0. The van der Waals surface area contributed by atoms with Gasteiger partial charge in [0.1, 0.15) is 0 Å². The minimum atomic E-state index is -0.172. The summed E-state index contributed by atoms with van der Waals surface area (Å²) in [5, 5.41) is 4.71. The maximum Gasteiger partial charge on any atom is 0.264 e. The Morgan fingerprint density at radius 2 is 1.60 bits per heavy atom. The fraction of sp³-hybridized carbons (Fsp3) is 0.435. The molecule has 3 amide bonds. The van der Waals surface area contributed by atoms with Crippen LogP contribution in [-0.2, 0) is 10.2 Å². The molecule has 6 nitrogen and oxygen atoms in total. The third-order valence-electron chi connectivity index (χ3n) is 5.29. The topological polar surface area (TPSA) is 69.7 Å². The van der Waals surface area contributed by atoms with Crippen molar-refractivity contribution in [3.63, 3.8) is 0 Å². The van der Waals surface area contributed by atoms with Crippen LogP contribution < -0.4 is 5.32 Å². The van der Waals surface area contributed by atoms with Crippen LogP contribution in [0.3, 0.4) is 0 Å².